The van der Waals surface area contributed by atoms with Crippen molar-refractivity contribution in [2.75, 3.05) is 11.9 Å². The molecule has 0 bridgehead atoms. The lowest BCUT2D eigenvalue weighted by molar-refractivity contribution is 0.0948. The Balaban J connectivity index is 1.60. The number of amides is 1. The Morgan fingerprint density at radius 3 is 2.45 bits per heavy atom. The molecule has 5 nitrogen and oxygen atoms in total. The molecule has 2 N–H and O–H groups in total. The molecular formula is C24H28N4O. The van der Waals surface area contributed by atoms with E-state index >= 15 is 0 Å². The molecule has 0 aliphatic carbocycles. The second kappa shape index (κ2) is 9.32. The summed E-state index contributed by atoms with van der Waals surface area (Å²) in [5.74, 6) is 0.228. The molecule has 3 rings (SSSR count). The first-order chi connectivity index (χ1) is 13.9. The van der Waals surface area contributed by atoms with E-state index in [1.54, 1.807) is 12.3 Å². The van der Waals surface area contributed by atoms with Gasteiger partial charge >= 0.3 is 0 Å². The summed E-state index contributed by atoms with van der Waals surface area (Å²) >= 11 is 0. The Bertz CT molecular complexity index is 948. The van der Waals surface area contributed by atoms with E-state index in [9.17, 15) is 4.79 Å². The number of rotatable bonds is 7. The molecule has 0 saturated carbocycles. The molecule has 0 fully saturated rings. The van der Waals surface area contributed by atoms with Crippen LogP contribution in [0.4, 0.5) is 11.6 Å². The highest BCUT2D eigenvalue weighted by atomic mass is 16.1. The number of anilines is 2. The largest absolute Gasteiger partial charge is 0.351 e. The maximum Gasteiger partial charge on any atom is 0.270 e. The zero-order chi connectivity index (χ0) is 20.7. The van der Waals surface area contributed by atoms with Gasteiger partial charge in [-0.25, -0.2) is 9.97 Å². The van der Waals surface area contributed by atoms with E-state index in [-0.39, 0.29) is 11.3 Å². The maximum atomic E-state index is 12.5. The number of para-hydroxylation sites is 1. The second-order valence-corrected chi connectivity index (χ2v) is 8.03. The summed E-state index contributed by atoms with van der Waals surface area (Å²) in [6, 6.07) is 20.0. The van der Waals surface area contributed by atoms with Crippen molar-refractivity contribution in [2.45, 2.75) is 39.0 Å². The van der Waals surface area contributed by atoms with Gasteiger partial charge in [-0.2, -0.15) is 0 Å². The van der Waals surface area contributed by atoms with Crippen LogP contribution in [0.2, 0.25) is 0 Å². The number of carbonyl (C=O) groups excluding carboxylic acids is 1. The molecule has 5 heteroatoms. The van der Waals surface area contributed by atoms with Crippen LogP contribution < -0.4 is 10.6 Å². The minimum atomic E-state index is -0.187. The van der Waals surface area contributed by atoms with Crippen LogP contribution >= 0.6 is 0 Å². The lowest BCUT2D eigenvalue weighted by atomic mass is 9.86. The average molecular weight is 389 g/mol. The van der Waals surface area contributed by atoms with Crippen LogP contribution in [0.3, 0.4) is 0 Å². The Morgan fingerprint density at radius 2 is 1.69 bits per heavy atom. The van der Waals surface area contributed by atoms with Gasteiger partial charge in [0.2, 0.25) is 5.95 Å². The summed E-state index contributed by atoms with van der Waals surface area (Å²) in [4.78, 5) is 21.1. The molecule has 0 radical (unpaired) electrons. The first-order valence-electron chi connectivity index (χ1n) is 9.95. The molecule has 1 aromatic heterocycles. The lowest BCUT2D eigenvalue weighted by Crippen LogP contribution is -2.26. The highest BCUT2D eigenvalue weighted by Gasteiger charge is 2.18. The lowest BCUT2D eigenvalue weighted by Gasteiger charge is -2.23. The Labute approximate surface area is 172 Å². The molecule has 0 saturated heterocycles. The number of hydrogen-bond donors (Lipinski definition) is 2. The fraction of sp³-hybridized carbons (Fsp3) is 0.292. The smallest absolute Gasteiger partial charge is 0.270 e. The highest BCUT2D eigenvalue weighted by Crippen LogP contribution is 2.30. The van der Waals surface area contributed by atoms with Crippen molar-refractivity contribution < 1.29 is 4.79 Å². The fourth-order valence-electron chi connectivity index (χ4n) is 3.14. The van der Waals surface area contributed by atoms with Gasteiger partial charge in [0, 0.05) is 18.4 Å². The van der Waals surface area contributed by atoms with Crippen molar-refractivity contribution in [3.63, 3.8) is 0 Å². The predicted molar refractivity (Wildman–Crippen MR) is 118 cm³/mol. The van der Waals surface area contributed by atoms with E-state index in [4.69, 9.17) is 0 Å². The first kappa shape index (κ1) is 20.5. The molecule has 3 aromatic rings. The molecule has 0 aliphatic rings. The van der Waals surface area contributed by atoms with Gasteiger partial charge in [-0.05, 0) is 41.5 Å². The molecule has 0 unspecified atom stereocenters. The van der Waals surface area contributed by atoms with Crippen molar-refractivity contribution in [3.8, 4) is 0 Å². The molecule has 0 aliphatic heterocycles. The van der Waals surface area contributed by atoms with Gasteiger partial charge in [-0.15, -0.1) is 0 Å². The molecule has 29 heavy (non-hydrogen) atoms. The number of carbonyl (C=O) groups is 1. The molecule has 2 aromatic carbocycles. The summed E-state index contributed by atoms with van der Waals surface area (Å²) in [5.41, 5.74) is 3.72. The zero-order valence-corrected chi connectivity index (χ0v) is 17.3. The summed E-state index contributed by atoms with van der Waals surface area (Å²) in [7, 11) is 0. The van der Waals surface area contributed by atoms with Gasteiger partial charge in [-0.1, -0.05) is 69.3 Å². The minimum Gasteiger partial charge on any atom is -0.351 e. The first-order valence-corrected chi connectivity index (χ1v) is 9.95. The monoisotopic (exact) mass is 388 g/mol. The molecule has 150 valence electrons. The maximum absolute atomic E-state index is 12.5. The van der Waals surface area contributed by atoms with Crippen LogP contribution in [-0.2, 0) is 11.8 Å². The summed E-state index contributed by atoms with van der Waals surface area (Å²) < 4.78 is 0. The van der Waals surface area contributed by atoms with E-state index in [2.05, 4.69) is 59.6 Å². The topological polar surface area (TPSA) is 66.9 Å². The Morgan fingerprint density at radius 1 is 0.966 bits per heavy atom. The third-order valence-corrected chi connectivity index (χ3v) is 4.64. The second-order valence-electron chi connectivity index (χ2n) is 8.03. The molecule has 0 atom stereocenters. The number of nitrogens with one attached hydrogen (secondary N) is 2. The highest BCUT2D eigenvalue weighted by molar-refractivity contribution is 5.92. The van der Waals surface area contributed by atoms with Crippen LogP contribution in [0.15, 0.2) is 66.9 Å². The fourth-order valence-corrected chi connectivity index (χ4v) is 3.14. The Hall–Kier alpha value is -3.21. The third kappa shape index (κ3) is 5.88. The Kier molecular flexibility index (Phi) is 6.60. The quantitative estimate of drug-likeness (QED) is 0.566. The molecule has 1 amide bonds. The van der Waals surface area contributed by atoms with Gasteiger partial charge < -0.3 is 10.6 Å². The van der Waals surface area contributed by atoms with Crippen molar-refractivity contribution in [2.24, 2.45) is 0 Å². The van der Waals surface area contributed by atoms with Crippen LogP contribution in [0, 0.1) is 0 Å². The van der Waals surface area contributed by atoms with Crippen LogP contribution in [0.5, 0.6) is 0 Å². The number of aryl methyl sites for hydroxylation is 1. The number of hydrogen-bond acceptors (Lipinski definition) is 4. The third-order valence-electron chi connectivity index (χ3n) is 4.64. The summed E-state index contributed by atoms with van der Waals surface area (Å²) in [5, 5.41) is 6.20. The number of benzene rings is 2. The van der Waals surface area contributed by atoms with E-state index in [1.165, 1.54) is 11.1 Å². The summed E-state index contributed by atoms with van der Waals surface area (Å²) in [6.07, 6.45) is 3.42. The zero-order valence-electron chi connectivity index (χ0n) is 17.3. The van der Waals surface area contributed by atoms with Crippen LogP contribution in [0.25, 0.3) is 0 Å². The van der Waals surface area contributed by atoms with Crippen molar-refractivity contribution in [3.05, 3.63) is 83.7 Å². The van der Waals surface area contributed by atoms with Gasteiger partial charge in [0.15, 0.2) is 0 Å². The van der Waals surface area contributed by atoms with E-state index in [0.717, 1.165) is 18.5 Å². The predicted octanol–water partition coefficient (Wildman–Crippen LogP) is 4.88. The SMILES string of the molecule is CC(C)(C)c1ccccc1Nc1nccc(C(=O)NCCCc2ccccc2)n1. The van der Waals surface area contributed by atoms with E-state index in [1.807, 2.05) is 36.4 Å². The molecular weight excluding hydrogens is 360 g/mol. The van der Waals surface area contributed by atoms with Crippen molar-refractivity contribution in [1.29, 1.82) is 0 Å². The average Bonchev–Trinajstić information content (AvgIpc) is 2.72. The van der Waals surface area contributed by atoms with Gasteiger partial charge in [0.25, 0.3) is 5.91 Å². The van der Waals surface area contributed by atoms with Gasteiger partial charge in [-0.3, -0.25) is 4.79 Å². The van der Waals surface area contributed by atoms with Crippen LogP contribution in [-0.4, -0.2) is 22.4 Å². The molecule has 1 heterocycles. The van der Waals surface area contributed by atoms with E-state index < -0.39 is 0 Å². The minimum absolute atomic E-state index is 0.0165. The van der Waals surface area contributed by atoms with Crippen molar-refractivity contribution in [1.82, 2.24) is 15.3 Å². The normalized spacial score (nSPS) is 11.1. The van der Waals surface area contributed by atoms with Crippen molar-refractivity contribution >= 4 is 17.5 Å². The van der Waals surface area contributed by atoms with Gasteiger partial charge in [0.1, 0.15) is 5.69 Å². The summed E-state index contributed by atoms with van der Waals surface area (Å²) in [6.45, 7) is 7.09. The van der Waals surface area contributed by atoms with E-state index in [0.29, 0.717) is 18.2 Å². The standard InChI is InChI=1S/C24H28N4O/c1-24(2,3)19-13-7-8-14-20(19)27-23-26-17-15-21(28-23)22(29)25-16-9-12-18-10-5-4-6-11-18/h4-8,10-11,13-15,17H,9,12,16H2,1-3H3,(H,25,29)(H,26,27,28). The molecule has 0 spiro atoms. The van der Waals surface area contributed by atoms with Gasteiger partial charge in [0.05, 0.1) is 0 Å². The van der Waals surface area contributed by atoms with Crippen LogP contribution in [0.1, 0.15) is 48.8 Å². The number of nitrogens with zero attached hydrogens (tertiary/aromatic N) is 2. The number of aromatic nitrogens is 2.